The van der Waals surface area contributed by atoms with E-state index in [2.05, 4.69) is 0 Å². The van der Waals surface area contributed by atoms with Gasteiger partial charge in [0.15, 0.2) is 0 Å². The van der Waals surface area contributed by atoms with Crippen LogP contribution in [0.15, 0.2) is 12.1 Å². The van der Waals surface area contributed by atoms with Crippen LogP contribution in [0.5, 0.6) is 0 Å². The Morgan fingerprint density at radius 2 is 2.31 bits per heavy atom. The van der Waals surface area contributed by atoms with Gasteiger partial charge in [0, 0.05) is 28.1 Å². The molecule has 4 heteroatoms. The topological polar surface area (TPSA) is 26.0 Å². The highest BCUT2D eigenvalue weighted by Crippen LogP contribution is 2.36. The van der Waals surface area contributed by atoms with E-state index in [0.29, 0.717) is 16.3 Å². The van der Waals surface area contributed by atoms with Crippen molar-refractivity contribution < 1.29 is 4.39 Å². The summed E-state index contributed by atoms with van der Waals surface area (Å²) in [7, 11) is 0. The molecule has 2 N–H and O–H groups in total. The van der Waals surface area contributed by atoms with Crippen LogP contribution in [-0.2, 0) is 5.75 Å². The van der Waals surface area contributed by atoms with Gasteiger partial charge in [-0.15, -0.1) is 0 Å². The normalized spacial score (nSPS) is 21.3. The molecule has 0 radical (unpaired) electrons. The molecule has 1 heterocycles. The molecule has 13 heavy (non-hydrogen) atoms. The molecule has 1 aromatic rings. The molecule has 0 fully saturated rings. The Kier molecular flexibility index (Phi) is 2.49. The standard InChI is InChI=1S/C9H9ClFNS/c10-6-1-2-7(11)5-3-13-4-8(12)9(5)6/h1-2,8H,3-4,12H2. The lowest BCUT2D eigenvalue weighted by Gasteiger charge is -2.23. The Morgan fingerprint density at radius 1 is 1.54 bits per heavy atom. The number of rotatable bonds is 0. The molecule has 0 aromatic heterocycles. The number of fused-ring (bicyclic) bond motifs is 1. The van der Waals surface area contributed by atoms with Gasteiger partial charge in [0.05, 0.1) is 0 Å². The number of halogens is 2. The average molecular weight is 218 g/mol. The van der Waals surface area contributed by atoms with Crippen molar-refractivity contribution >= 4 is 23.4 Å². The molecule has 0 saturated heterocycles. The zero-order chi connectivity index (χ0) is 9.42. The van der Waals surface area contributed by atoms with E-state index in [0.717, 1.165) is 11.3 Å². The van der Waals surface area contributed by atoms with Crippen molar-refractivity contribution in [1.29, 1.82) is 0 Å². The van der Waals surface area contributed by atoms with Crippen LogP contribution in [0.25, 0.3) is 0 Å². The van der Waals surface area contributed by atoms with E-state index in [1.54, 1.807) is 17.8 Å². The third-order valence-electron chi connectivity index (χ3n) is 2.16. The lowest BCUT2D eigenvalue weighted by atomic mass is 10.0. The van der Waals surface area contributed by atoms with Crippen LogP contribution in [0, 0.1) is 5.82 Å². The first kappa shape index (κ1) is 9.31. The number of benzene rings is 1. The minimum atomic E-state index is -0.193. The number of thioether (sulfide) groups is 1. The van der Waals surface area contributed by atoms with E-state index in [1.807, 2.05) is 0 Å². The molecule has 1 aliphatic heterocycles. The molecule has 2 rings (SSSR count). The van der Waals surface area contributed by atoms with E-state index in [4.69, 9.17) is 17.3 Å². The fourth-order valence-electron chi connectivity index (χ4n) is 1.53. The second-order valence-electron chi connectivity index (χ2n) is 3.04. The van der Waals surface area contributed by atoms with Crippen LogP contribution in [0.1, 0.15) is 17.2 Å². The summed E-state index contributed by atoms with van der Waals surface area (Å²) < 4.78 is 13.3. The first-order chi connectivity index (χ1) is 6.20. The number of nitrogens with two attached hydrogens (primary N) is 1. The van der Waals surface area contributed by atoms with Crippen LogP contribution >= 0.6 is 23.4 Å². The molecule has 0 spiro atoms. The monoisotopic (exact) mass is 217 g/mol. The van der Waals surface area contributed by atoms with Gasteiger partial charge in [-0.2, -0.15) is 11.8 Å². The largest absolute Gasteiger partial charge is 0.323 e. The Hall–Kier alpha value is -0.250. The highest BCUT2D eigenvalue weighted by atomic mass is 35.5. The van der Waals surface area contributed by atoms with E-state index in [9.17, 15) is 4.39 Å². The summed E-state index contributed by atoms with van der Waals surface area (Å²) in [5.74, 6) is 1.30. The van der Waals surface area contributed by atoms with Gasteiger partial charge in [-0.05, 0) is 17.7 Å². The molecular formula is C9H9ClFNS. The number of hydrogen-bond acceptors (Lipinski definition) is 2. The fraction of sp³-hybridized carbons (Fsp3) is 0.333. The predicted molar refractivity (Wildman–Crippen MR) is 54.5 cm³/mol. The second kappa shape index (κ2) is 3.48. The van der Waals surface area contributed by atoms with E-state index in [1.165, 1.54) is 6.07 Å². The van der Waals surface area contributed by atoms with Crippen molar-refractivity contribution in [1.82, 2.24) is 0 Å². The van der Waals surface area contributed by atoms with Gasteiger partial charge in [0.1, 0.15) is 5.82 Å². The fourth-order valence-corrected chi connectivity index (χ4v) is 2.88. The molecule has 0 amide bonds. The SMILES string of the molecule is NC1CSCc2c(F)ccc(Cl)c21. The average Bonchev–Trinajstić information content (AvgIpc) is 2.12. The lowest BCUT2D eigenvalue weighted by molar-refractivity contribution is 0.608. The van der Waals surface area contributed by atoms with Gasteiger partial charge in [-0.25, -0.2) is 4.39 Å². The third kappa shape index (κ3) is 1.56. The van der Waals surface area contributed by atoms with Crippen molar-refractivity contribution in [3.63, 3.8) is 0 Å². The van der Waals surface area contributed by atoms with Crippen LogP contribution in [0.2, 0.25) is 5.02 Å². The highest BCUT2D eigenvalue weighted by Gasteiger charge is 2.22. The minimum absolute atomic E-state index is 0.128. The Labute approximate surface area is 85.5 Å². The van der Waals surface area contributed by atoms with Crippen molar-refractivity contribution in [2.45, 2.75) is 11.8 Å². The van der Waals surface area contributed by atoms with Gasteiger partial charge < -0.3 is 5.73 Å². The molecule has 0 saturated carbocycles. The first-order valence-corrected chi connectivity index (χ1v) is 5.53. The summed E-state index contributed by atoms with van der Waals surface area (Å²) >= 11 is 7.60. The molecule has 1 nitrogen and oxygen atoms in total. The maximum Gasteiger partial charge on any atom is 0.127 e. The first-order valence-electron chi connectivity index (χ1n) is 4.00. The van der Waals surface area contributed by atoms with E-state index >= 15 is 0 Å². The van der Waals surface area contributed by atoms with E-state index in [-0.39, 0.29) is 11.9 Å². The Bertz CT molecular complexity index is 343. The molecule has 0 bridgehead atoms. The Morgan fingerprint density at radius 3 is 3.00 bits per heavy atom. The summed E-state index contributed by atoms with van der Waals surface area (Å²) in [5, 5.41) is 0.587. The van der Waals surface area contributed by atoms with Crippen molar-refractivity contribution in [3.05, 3.63) is 34.1 Å². The summed E-state index contributed by atoms with van der Waals surface area (Å²) in [6.07, 6.45) is 0. The minimum Gasteiger partial charge on any atom is -0.323 e. The van der Waals surface area contributed by atoms with Crippen LogP contribution < -0.4 is 5.73 Å². The zero-order valence-electron chi connectivity index (χ0n) is 6.89. The molecule has 1 aromatic carbocycles. The van der Waals surface area contributed by atoms with Gasteiger partial charge >= 0.3 is 0 Å². The zero-order valence-corrected chi connectivity index (χ0v) is 8.46. The number of hydrogen-bond donors (Lipinski definition) is 1. The third-order valence-corrected chi connectivity index (χ3v) is 3.58. The van der Waals surface area contributed by atoms with Gasteiger partial charge in [-0.3, -0.25) is 0 Å². The summed E-state index contributed by atoms with van der Waals surface area (Å²) in [4.78, 5) is 0. The predicted octanol–water partition coefficient (Wildman–Crippen LogP) is 2.73. The molecule has 1 unspecified atom stereocenters. The molecule has 70 valence electrons. The van der Waals surface area contributed by atoms with Gasteiger partial charge in [0.2, 0.25) is 0 Å². The Balaban J connectivity index is 2.60. The molecule has 1 atom stereocenters. The van der Waals surface area contributed by atoms with Crippen LogP contribution in [0.3, 0.4) is 0 Å². The molecule has 0 aliphatic carbocycles. The van der Waals surface area contributed by atoms with Crippen LogP contribution in [-0.4, -0.2) is 5.75 Å². The summed E-state index contributed by atoms with van der Waals surface area (Å²) in [6.45, 7) is 0. The van der Waals surface area contributed by atoms with Gasteiger partial charge in [0.25, 0.3) is 0 Å². The van der Waals surface area contributed by atoms with Crippen LogP contribution in [0.4, 0.5) is 4.39 Å². The second-order valence-corrected chi connectivity index (χ2v) is 4.48. The summed E-state index contributed by atoms with van der Waals surface area (Å²) in [6, 6.07) is 2.85. The van der Waals surface area contributed by atoms with Gasteiger partial charge in [-0.1, -0.05) is 11.6 Å². The van der Waals surface area contributed by atoms with Crippen molar-refractivity contribution in [3.8, 4) is 0 Å². The molecule has 1 aliphatic rings. The van der Waals surface area contributed by atoms with E-state index < -0.39 is 0 Å². The quantitative estimate of drug-likeness (QED) is 0.723. The van der Waals surface area contributed by atoms with Crippen molar-refractivity contribution in [2.75, 3.05) is 5.75 Å². The highest BCUT2D eigenvalue weighted by molar-refractivity contribution is 7.98. The van der Waals surface area contributed by atoms with Crippen molar-refractivity contribution in [2.24, 2.45) is 5.73 Å². The summed E-state index contributed by atoms with van der Waals surface area (Å²) in [5.41, 5.74) is 7.31. The maximum absolute atomic E-state index is 13.3. The molecular weight excluding hydrogens is 209 g/mol. The smallest absolute Gasteiger partial charge is 0.127 e. The maximum atomic E-state index is 13.3. The lowest BCUT2D eigenvalue weighted by Crippen LogP contribution is -2.20.